The van der Waals surface area contributed by atoms with Gasteiger partial charge in [-0.15, -0.1) is 0 Å². The third-order valence-electron chi connectivity index (χ3n) is 2.80. The number of anilines is 2. The summed E-state index contributed by atoms with van der Waals surface area (Å²) in [4.78, 5) is 8.45. The van der Waals surface area contributed by atoms with Crippen LogP contribution in [0.15, 0.2) is 24.3 Å². The molecule has 0 radical (unpaired) electrons. The number of benzene rings is 1. The maximum absolute atomic E-state index is 13.5. The van der Waals surface area contributed by atoms with E-state index in [1.54, 1.807) is 25.1 Å². The summed E-state index contributed by atoms with van der Waals surface area (Å²) in [5, 5.41) is 3.10. The average Bonchev–Trinajstić information content (AvgIpc) is 2.41. The predicted octanol–water partition coefficient (Wildman–Crippen LogP) is 2.13. The van der Waals surface area contributed by atoms with E-state index in [4.69, 9.17) is 5.84 Å². The predicted molar refractivity (Wildman–Crippen MR) is 73.0 cm³/mol. The van der Waals surface area contributed by atoms with Gasteiger partial charge in [-0.25, -0.2) is 20.2 Å². The summed E-state index contributed by atoms with van der Waals surface area (Å²) in [5.74, 6) is 6.94. The van der Waals surface area contributed by atoms with E-state index < -0.39 is 0 Å². The van der Waals surface area contributed by atoms with Gasteiger partial charge in [-0.1, -0.05) is 18.2 Å². The van der Waals surface area contributed by atoms with Crippen molar-refractivity contribution in [2.24, 2.45) is 5.84 Å². The molecule has 0 aliphatic heterocycles. The molecule has 0 spiro atoms. The molecular formula is C13H16FN5. The summed E-state index contributed by atoms with van der Waals surface area (Å²) in [6, 6.07) is 6.62. The van der Waals surface area contributed by atoms with Gasteiger partial charge in [-0.05, 0) is 19.9 Å². The normalized spacial score (nSPS) is 10.3. The third kappa shape index (κ3) is 2.97. The Bertz CT molecular complexity index is 585. The van der Waals surface area contributed by atoms with E-state index in [0.717, 1.165) is 5.56 Å². The SMILES string of the molecule is Cc1nc(NN)c(C)c(NCc2ccccc2F)n1. The Kier molecular flexibility index (Phi) is 3.91. The van der Waals surface area contributed by atoms with Gasteiger partial charge in [-0.2, -0.15) is 0 Å². The lowest BCUT2D eigenvalue weighted by Gasteiger charge is -2.12. The van der Waals surface area contributed by atoms with Crippen molar-refractivity contribution in [3.8, 4) is 0 Å². The van der Waals surface area contributed by atoms with Crippen molar-refractivity contribution >= 4 is 11.6 Å². The number of nitrogen functional groups attached to an aromatic ring is 1. The Balaban J connectivity index is 2.20. The van der Waals surface area contributed by atoms with Gasteiger partial charge in [0.05, 0.1) is 0 Å². The minimum Gasteiger partial charge on any atom is -0.365 e. The highest BCUT2D eigenvalue weighted by Crippen LogP contribution is 2.19. The van der Waals surface area contributed by atoms with E-state index in [1.165, 1.54) is 6.07 Å². The Hall–Kier alpha value is -2.21. The summed E-state index contributed by atoms with van der Waals surface area (Å²) in [5.41, 5.74) is 3.90. The Labute approximate surface area is 111 Å². The fourth-order valence-corrected chi connectivity index (χ4v) is 1.76. The van der Waals surface area contributed by atoms with Gasteiger partial charge in [0, 0.05) is 17.7 Å². The summed E-state index contributed by atoms with van der Waals surface area (Å²) in [6.45, 7) is 3.97. The molecule has 0 bridgehead atoms. The molecule has 0 unspecified atom stereocenters. The van der Waals surface area contributed by atoms with E-state index in [9.17, 15) is 4.39 Å². The number of nitrogens with one attached hydrogen (secondary N) is 2. The van der Waals surface area contributed by atoms with Crippen molar-refractivity contribution in [3.63, 3.8) is 0 Å². The number of halogens is 1. The minimum absolute atomic E-state index is 0.240. The quantitative estimate of drug-likeness (QED) is 0.580. The van der Waals surface area contributed by atoms with Crippen molar-refractivity contribution in [1.29, 1.82) is 0 Å². The van der Waals surface area contributed by atoms with Crippen LogP contribution in [0, 0.1) is 19.7 Å². The summed E-state index contributed by atoms with van der Waals surface area (Å²) >= 11 is 0. The van der Waals surface area contributed by atoms with Crippen molar-refractivity contribution in [3.05, 3.63) is 47.0 Å². The number of aryl methyl sites for hydroxylation is 1. The summed E-state index contributed by atoms with van der Waals surface area (Å²) < 4.78 is 13.5. The summed E-state index contributed by atoms with van der Waals surface area (Å²) in [7, 11) is 0. The Morgan fingerprint density at radius 3 is 2.53 bits per heavy atom. The van der Waals surface area contributed by atoms with Gasteiger partial charge in [-0.3, -0.25) is 0 Å². The zero-order valence-electron chi connectivity index (χ0n) is 10.9. The standard InChI is InChI=1S/C13H16FN5/c1-8-12(17-9(2)18-13(8)19-15)16-7-10-5-3-4-6-11(10)14/h3-6H,7,15H2,1-2H3,(H2,16,17,18,19). The van der Waals surface area contributed by atoms with Crippen LogP contribution in [0.5, 0.6) is 0 Å². The molecule has 0 atom stereocenters. The molecule has 0 saturated heterocycles. The molecule has 2 aromatic rings. The first-order valence-corrected chi connectivity index (χ1v) is 5.91. The molecule has 1 heterocycles. The van der Waals surface area contributed by atoms with Crippen LogP contribution < -0.4 is 16.6 Å². The molecule has 19 heavy (non-hydrogen) atoms. The van der Waals surface area contributed by atoms with Gasteiger partial charge >= 0.3 is 0 Å². The molecule has 0 saturated carbocycles. The van der Waals surface area contributed by atoms with E-state index in [0.29, 0.717) is 29.6 Å². The van der Waals surface area contributed by atoms with Crippen molar-refractivity contribution in [1.82, 2.24) is 9.97 Å². The lowest BCUT2D eigenvalue weighted by Crippen LogP contribution is -2.14. The molecule has 1 aromatic heterocycles. The van der Waals surface area contributed by atoms with E-state index >= 15 is 0 Å². The second-order valence-electron chi connectivity index (χ2n) is 4.18. The number of nitrogens with zero attached hydrogens (tertiary/aromatic N) is 2. The van der Waals surface area contributed by atoms with Gasteiger partial charge in [0.25, 0.3) is 0 Å². The molecule has 100 valence electrons. The zero-order chi connectivity index (χ0) is 13.8. The second kappa shape index (κ2) is 5.62. The number of aromatic nitrogens is 2. The minimum atomic E-state index is -0.240. The van der Waals surface area contributed by atoms with Gasteiger partial charge in [0.15, 0.2) is 0 Å². The van der Waals surface area contributed by atoms with E-state index in [-0.39, 0.29) is 5.82 Å². The number of hydrazine groups is 1. The van der Waals surface area contributed by atoms with Crippen LogP contribution in [-0.4, -0.2) is 9.97 Å². The van der Waals surface area contributed by atoms with Crippen molar-refractivity contribution in [2.75, 3.05) is 10.7 Å². The molecule has 4 N–H and O–H groups in total. The summed E-state index contributed by atoms with van der Waals surface area (Å²) in [6.07, 6.45) is 0. The first-order chi connectivity index (χ1) is 9.11. The van der Waals surface area contributed by atoms with Crippen molar-refractivity contribution < 1.29 is 4.39 Å². The number of rotatable bonds is 4. The highest BCUT2D eigenvalue weighted by Gasteiger charge is 2.08. The monoisotopic (exact) mass is 261 g/mol. The van der Waals surface area contributed by atoms with Crippen molar-refractivity contribution in [2.45, 2.75) is 20.4 Å². The van der Waals surface area contributed by atoms with E-state index in [2.05, 4.69) is 20.7 Å². The maximum Gasteiger partial charge on any atom is 0.148 e. The van der Waals surface area contributed by atoms with Crippen LogP contribution in [-0.2, 0) is 6.54 Å². The number of nitrogens with two attached hydrogens (primary N) is 1. The molecule has 0 amide bonds. The van der Waals surface area contributed by atoms with Crippen LogP contribution in [0.4, 0.5) is 16.0 Å². The van der Waals surface area contributed by atoms with Crippen LogP contribution in [0.1, 0.15) is 17.0 Å². The first kappa shape index (κ1) is 13.2. The Morgan fingerprint density at radius 1 is 1.16 bits per heavy atom. The van der Waals surface area contributed by atoms with E-state index in [1.807, 2.05) is 6.92 Å². The van der Waals surface area contributed by atoms with Gasteiger partial charge < -0.3 is 10.7 Å². The highest BCUT2D eigenvalue weighted by molar-refractivity contribution is 5.56. The Morgan fingerprint density at radius 2 is 1.84 bits per heavy atom. The molecular weight excluding hydrogens is 245 g/mol. The lowest BCUT2D eigenvalue weighted by molar-refractivity contribution is 0.613. The highest BCUT2D eigenvalue weighted by atomic mass is 19.1. The fraction of sp³-hybridized carbons (Fsp3) is 0.231. The molecule has 5 nitrogen and oxygen atoms in total. The number of hydrogen-bond acceptors (Lipinski definition) is 5. The first-order valence-electron chi connectivity index (χ1n) is 5.91. The van der Waals surface area contributed by atoms with Crippen LogP contribution >= 0.6 is 0 Å². The fourth-order valence-electron chi connectivity index (χ4n) is 1.76. The lowest BCUT2D eigenvalue weighted by atomic mass is 10.2. The molecule has 2 rings (SSSR count). The largest absolute Gasteiger partial charge is 0.365 e. The molecule has 1 aromatic carbocycles. The topological polar surface area (TPSA) is 75.9 Å². The third-order valence-corrected chi connectivity index (χ3v) is 2.80. The smallest absolute Gasteiger partial charge is 0.148 e. The zero-order valence-corrected chi connectivity index (χ0v) is 10.9. The maximum atomic E-state index is 13.5. The molecule has 6 heteroatoms. The van der Waals surface area contributed by atoms with Gasteiger partial charge in [0.2, 0.25) is 0 Å². The molecule has 0 fully saturated rings. The van der Waals surface area contributed by atoms with Crippen LogP contribution in [0.25, 0.3) is 0 Å². The number of hydrogen-bond donors (Lipinski definition) is 3. The second-order valence-corrected chi connectivity index (χ2v) is 4.18. The van der Waals surface area contributed by atoms with Gasteiger partial charge in [0.1, 0.15) is 23.3 Å². The average molecular weight is 261 g/mol. The van der Waals surface area contributed by atoms with Crippen LogP contribution in [0.2, 0.25) is 0 Å². The van der Waals surface area contributed by atoms with Crippen LogP contribution in [0.3, 0.4) is 0 Å². The molecule has 0 aliphatic rings. The molecule has 0 aliphatic carbocycles.